The third-order valence-corrected chi connectivity index (χ3v) is 1.64. The Bertz CT molecular complexity index is 396. The Morgan fingerprint density at radius 2 is 2.33 bits per heavy atom. The van der Waals surface area contributed by atoms with Gasteiger partial charge in [0.2, 0.25) is 0 Å². The van der Waals surface area contributed by atoms with Crippen molar-refractivity contribution >= 4 is 5.69 Å². The predicted molar refractivity (Wildman–Crippen MR) is 41.5 cm³/mol. The van der Waals surface area contributed by atoms with Gasteiger partial charge in [-0.3, -0.25) is 0 Å². The summed E-state index contributed by atoms with van der Waals surface area (Å²) in [7, 11) is 0. The molecule has 0 aromatic carbocycles. The van der Waals surface area contributed by atoms with Crippen molar-refractivity contribution in [2.24, 2.45) is 5.18 Å². The molecule has 2 heterocycles. The van der Waals surface area contributed by atoms with Crippen LogP contribution in [0, 0.1) is 4.91 Å². The van der Waals surface area contributed by atoms with Crippen LogP contribution < -0.4 is 0 Å². The van der Waals surface area contributed by atoms with Crippen LogP contribution in [0.5, 0.6) is 0 Å². The van der Waals surface area contributed by atoms with Crippen LogP contribution in [0.15, 0.2) is 29.7 Å². The van der Waals surface area contributed by atoms with Crippen molar-refractivity contribution in [3.05, 3.63) is 29.4 Å². The fourth-order valence-electron chi connectivity index (χ4n) is 1.09. The van der Waals surface area contributed by atoms with Crippen molar-refractivity contribution in [1.82, 2.24) is 9.71 Å². The van der Waals surface area contributed by atoms with Gasteiger partial charge in [0.05, 0.1) is 5.56 Å². The highest BCUT2D eigenvalue weighted by atomic mass is 16.5. The van der Waals surface area contributed by atoms with Crippen LogP contribution in [0.4, 0.5) is 5.69 Å². The van der Waals surface area contributed by atoms with E-state index in [4.69, 9.17) is 0 Å². The molecule has 2 rings (SSSR count). The molecular formula is C7H5N3O2. The Morgan fingerprint density at radius 1 is 1.50 bits per heavy atom. The van der Waals surface area contributed by atoms with Crippen molar-refractivity contribution in [2.45, 2.75) is 0 Å². The largest absolute Gasteiger partial charge is 0.427 e. The Hall–Kier alpha value is -1.91. The van der Waals surface area contributed by atoms with E-state index in [1.165, 1.54) is 18.5 Å². The third kappa shape index (κ3) is 0.763. The van der Waals surface area contributed by atoms with Gasteiger partial charge >= 0.3 is 0 Å². The first-order chi connectivity index (χ1) is 5.83. The summed E-state index contributed by atoms with van der Waals surface area (Å²) in [4.78, 5) is 14.1. The number of rotatable bonds is 1. The number of nitrogens with zero attached hydrogens (tertiary/aromatic N) is 3. The van der Waals surface area contributed by atoms with Crippen LogP contribution >= 0.6 is 0 Å². The van der Waals surface area contributed by atoms with E-state index in [2.05, 4.69) is 10.2 Å². The maximum absolute atomic E-state index is 10.3. The van der Waals surface area contributed by atoms with E-state index in [1.54, 1.807) is 6.07 Å². The second-order valence-electron chi connectivity index (χ2n) is 2.32. The lowest BCUT2D eigenvalue weighted by molar-refractivity contribution is 0.187. The highest BCUT2D eigenvalue weighted by molar-refractivity contribution is 5.71. The molecule has 5 nitrogen and oxygen atoms in total. The highest BCUT2D eigenvalue weighted by Gasteiger charge is 2.12. The van der Waals surface area contributed by atoms with Gasteiger partial charge in [-0.15, -0.1) is 4.91 Å². The maximum atomic E-state index is 10.3. The van der Waals surface area contributed by atoms with Gasteiger partial charge < -0.3 is 5.21 Å². The molecule has 5 heteroatoms. The summed E-state index contributed by atoms with van der Waals surface area (Å²) < 4.78 is 0.851. The lowest BCUT2D eigenvalue weighted by Gasteiger charge is -2.03. The fourth-order valence-corrected chi connectivity index (χ4v) is 1.09. The van der Waals surface area contributed by atoms with Crippen LogP contribution in [0.2, 0.25) is 0 Å². The average molecular weight is 163 g/mol. The average Bonchev–Trinajstić information content (AvgIpc) is 2.54. The molecule has 0 spiro atoms. The summed E-state index contributed by atoms with van der Waals surface area (Å²) in [5, 5.41) is 12.0. The Balaban J connectivity index is 2.78. The van der Waals surface area contributed by atoms with Crippen LogP contribution in [0.1, 0.15) is 0 Å². The lowest BCUT2D eigenvalue weighted by Crippen LogP contribution is -1.97. The molecule has 0 unspecified atom stereocenters. The van der Waals surface area contributed by atoms with Crippen molar-refractivity contribution in [3.63, 3.8) is 0 Å². The number of hydrogen-bond donors (Lipinski definition) is 1. The molecule has 60 valence electrons. The molecule has 2 aliphatic rings. The molecule has 0 bridgehead atoms. The molecule has 2 aliphatic heterocycles. The number of pyridine rings is 1. The van der Waals surface area contributed by atoms with Gasteiger partial charge in [0.15, 0.2) is 5.82 Å². The van der Waals surface area contributed by atoms with Crippen molar-refractivity contribution < 1.29 is 5.21 Å². The molecule has 0 saturated heterocycles. The van der Waals surface area contributed by atoms with E-state index in [0.717, 1.165) is 4.73 Å². The molecule has 1 N–H and O–H groups in total. The van der Waals surface area contributed by atoms with E-state index in [9.17, 15) is 10.1 Å². The van der Waals surface area contributed by atoms with E-state index < -0.39 is 0 Å². The van der Waals surface area contributed by atoms with Gasteiger partial charge in [-0.2, -0.15) is 4.73 Å². The van der Waals surface area contributed by atoms with Gasteiger partial charge in [0.1, 0.15) is 5.69 Å². The molecule has 0 amide bonds. The summed E-state index contributed by atoms with van der Waals surface area (Å²) in [5.41, 5.74) is 0.836. The predicted octanol–water partition coefficient (Wildman–Crippen LogP) is 1.62. The van der Waals surface area contributed by atoms with Crippen molar-refractivity contribution in [3.8, 4) is 11.4 Å². The molecule has 0 aliphatic carbocycles. The summed E-state index contributed by atoms with van der Waals surface area (Å²) >= 11 is 0. The van der Waals surface area contributed by atoms with E-state index in [1.807, 2.05) is 0 Å². The number of fused-ring (bicyclic) bond motifs is 1. The normalized spacial score (nSPS) is 10.3. The van der Waals surface area contributed by atoms with Gasteiger partial charge in [0, 0.05) is 12.4 Å². The molecule has 0 radical (unpaired) electrons. The first-order valence-corrected chi connectivity index (χ1v) is 3.31. The monoisotopic (exact) mass is 163 g/mol. The van der Waals surface area contributed by atoms with Crippen LogP contribution in [0.3, 0.4) is 0 Å². The van der Waals surface area contributed by atoms with Gasteiger partial charge in [-0.1, -0.05) is 0 Å². The quantitative estimate of drug-likeness (QED) is 0.513. The minimum absolute atomic E-state index is 0.285. The first-order valence-electron chi connectivity index (χ1n) is 3.31. The zero-order valence-electron chi connectivity index (χ0n) is 6.01. The summed E-state index contributed by atoms with van der Waals surface area (Å²) in [5.74, 6) is 0.340. The Labute approximate surface area is 67.5 Å². The SMILES string of the molecule is O=Nc1ccn(O)c2nccc1-2. The highest BCUT2D eigenvalue weighted by Crippen LogP contribution is 2.29. The second kappa shape index (κ2) is 2.30. The minimum atomic E-state index is 0.285. The van der Waals surface area contributed by atoms with Crippen LogP contribution in [0.25, 0.3) is 11.4 Å². The molecule has 0 fully saturated rings. The molecule has 12 heavy (non-hydrogen) atoms. The van der Waals surface area contributed by atoms with E-state index in [-0.39, 0.29) is 5.69 Å². The Kier molecular flexibility index (Phi) is 1.30. The second-order valence-corrected chi connectivity index (χ2v) is 2.32. The molecule has 0 saturated carbocycles. The first kappa shape index (κ1) is 6.78. The van der Waals surface area contributed by atoms with Crippen molar-refractivity contribution in [1.29, 1.82) is 0 Å². The van der Waals surface area contributed by atoms with E-state index >= 15 is 0 Å². The number of nitroso groups, excluding NO2 is 1. The maximum Gasteiger partial charge on any atom is 0.177 e. The number of aromatic nitrogens is 2. The van der Waals surface area contributed by atoms with E-state index in [0.29, 0.717) is 11.4 Å². The topological polar surface area (TPSA) is 67.5 Å². The molecule has 0 aromatic heterocycles. The zero-order chi connectivity index (χ0) is 8.55. The van der Waals surface area contributed by atoms with Gasteiger partial charge in [0.25, 0.3) is 0 Å². The minimum Gasteiger partial charge on any atom is -0.427 e. The van der Waals surface area contributed by atoms with Crippen LogP contribution in [-0.4, -0.2) is 14.9 Å². The zero-order valence-corrected chi connectivity index (χ0v) is 6.01. The third-order valence-electron chi connectivity index (χ3n) is 1.64. The molecule has 0 atom stereocenters. The summed E-state index contributed by atoms with van der Waals surface area (Å²) in [6.07, 6.45) is 2.83. The standard InChI is InChI=1S/C7H5N3O2/c11-9-6-2-4-10(12)7-5(6)1-3-8-7/h1-4,12H. The van der Waals surface area contributed by atoms with Gasteiger partial charge in [-0.05, 0) is 17.3 Å². The van der Waals surface area contributed by atoms with Crippen LogP contribution in [-0.2, 0) is 0 Å². The fraction of sp³-hybridized carbons (Fsp3) is 0. The molecular weight excluding hydrogens is 158 g/mol. The Morgan fingerprint density at radius 3 is 3.08 bits per heavy atom. The smallest absolute Gasteiger partial charge is 0.177 e. The van der Waals surface area contributed by atoms with Crippen molar-refractivity contribution in [2.75, 3.05) is 0 Å². The summed E-state index contributed by atoms with van der Waals surface area (Å²) in [6, 6.07) is 3.05. The lowest BCUT2D eigenvalue weighted by atomic mass is 10.2. The number of hydrogen-bond acceptors (Lipinski definition) is 4. The van der Waals surface area contributed by atoms with Gasteiger partial charge in [-0.25, -0.2) is 4.98 Å². The molecule has 0 aromatic rings. The summed E-state index contributed by atoms with van der Waals surface area (Å²) in [6.45, 7) is 0.